The quantitative estimate of drug-likeness (QED) is 0.674. The smallest absolute Gasteiger partial charge is 0.231 e. The Hall–Kier alpha value is -3.18. The molecule has 1 atom stereocenters. The Morgan fingerprint density at radius 2 is 1.80 bits per heavy atom. The molecule has 0 aliphatic carbocycles. The standard InChI is InChI=1S/C25H28N4O/c1-18-16-22(10-11-27-18)20-6-8-23(9-7-20)28-25(30)19(2)21-4-3-5-24(17-21)29-14-12-26-13-15-29/h3-11,16-17,19,26H,12-15H2,1-2H3,(H,28,30). The van der Waals surface area contributed by atoms with Gasteiger partial charge < -0.3 is 15.5 Å². The summed E-state index contributed by atoms with van der Waals surface area (Å²) in [5.74, 6) is -0.227. The first-order valence-electron chi connectivity index (χ1n) is 10.5. The molecule has 2 aromatic carbocycles. The summed E-state index contributed by atoms with van der Waals surface area (Å²) in [4.78, 5) is 19.5. The average Bonchev–Trinajstić information content (AvgIpc) is 2.80. The topological polar surface area (TPSA) is 57.3 Å². The van der Waals surface area contributed by atoms with Crippen LogP contribution in [0.15, 0.2) is 66.9 Å². The van der Waals surface area contributed by atoms with E-state index in [2.05, 4.69) is 38.7 Å². The molecule has 1 aliphatic heterocycles. The van der Waals surface area contributed by atoms with Crippen molar-refractivity contribution in [1.82, 2.24) is 10.3 Å². The zero-order valence-corrected chi connectivity index (χ0v) is 17.6. The number of amides is 1. The Kier molecular flexibility index (Phi) is 6.10. The second-order valence-corrected chi connectivity index (χ2v) is 7.81. The number of anilines is 2. The highest BCUT2D eigenvalue weighted by Crippen LogP contribution is 2.25. The Balaban J connectivity index is 1.43. The molecule has 154 valence electrons. The lowest BCUT2D eigenvalue weighted by Crippen LogP contribution is -2.43. The minimum absolute atomic E-state index is 0.0000311. The number of aryl methyl sites for hydroxylation is 1. The third kappa shape index (κ3) is 4.69. The number of piperazine rings is 1. The van der Waals surface area contributed by atoms with Gasteiger partial charge >= 0.3 is 0 Å². The van der Waals surface area contributed by atoms with Gasteiger partial charge in [0.1, 0.15) is 0 Å². The lowest BCUT2D eigenvalue weighted by Gasteiger charge is -2.30. The molecule has 0 bridgehead atoms. The van der Waals surface area contributed by atoms with Crippen molar-refractivity contribution in [2.45, 2.75) is 19.8 Å². The van der Waals surface area contributed by atoms with E-state index in [1.807, 2.05) is 62.5 Å². The van der Waals surface area contributed by atoms with Crippen LogP contribution in [0.2, 0.25) is 0 Å². The number of nitrogens with zero attached hydrogens (tertiary/aromatic N) is 2. The molecule has 1 saturated heterocycles. The first-order chi connectivity index (χ1) is 14.6. The number of hydrogen-bond donors (Lipinski definition) is 2. The zero-order chi connectivity index (χ0) is 20.9. The summed E-state index contributed by atoms with van der Waals surface area (Å²) in [6, 6.07) is 20.4. The van der Waals surface area contributed by atoms with Crippen molar-refractivity contribution in [3.8, 4) is 11.1 Å². The second kappa shape index (κ2) is 9.09. The number of pyridine rings is 1. The van der Waals surface area contributed by atoms with Gasteiger partial charge in [-0.15, -0.1) is 0 Å². The summed E-state index contributed by atoms with van der Waals surface area (Å²) in [7, 11) is 0. The molecule has 1 unspecified atom stereocenters. The Morgan fingerprint density at radius 3 is 2.53 bits per heavy atom. The van der Waals surface area contributed by atoms with E-state index in [1.165, 1.54) is 5.69 Å². The van der Waals surface area contributed by atoms with Crippen LogP contribution in [0.4, 0.5) is 11.4 Å². The first kappa shape index (κ1) is 20.1. The van der Waals surface area contributed by atoms with Crippen LogP contribution in [-0.4, -0.2) is 37.1 Å². The van der Waals surface area contributed by atoms with Gasteiger partial charge in [0, 0.05) is 49.4 Å². The zero-order valence-electron chi connectivity index (χ0n) is 17.6. The first-order valence-corrected chi connectivity index (χ1v) is 10.5. The van der Waals surface area contributed by atoms with Gasteiger partial charge in [-0.05, 0) is 66.9 Å². The van der Waals surface area contributed by atoms with E-state index in [-0.39, 0.29) is 11.8 Å². The molecule has 0 saturated carbocycles. The SMILES string of the molecule is Cc1cc(-c2ccc(NC(=O)C(C)c3cccc(N4CCNCC4)c3)cc2)ccn1. The normalized spacial score (nSPS) is 14.9. The lowest BCUT2D eigenvalue weighted by molar-refractivity contribution is -0.117. The van der Waals surface area contributed by atoms with Gasteiger partial charge in [-0.2, -0.15) is 0 Å². The molecule has 1 fully saturated rings. The van der Waals surface area contributed by atoms with Crippen LogP contribution in [0.1, 0.15) is 24.1 Å². The molecular weight excluding hydrogens is 372 g/mol. The van der Waals surface area contributed by atoms with Crippen molar-refractivity contribution < 1.29 is 4.79 Å². The van der Waals surface area contributed by atoms with Gasteiger partial charge in [0.15, 0.2) is 0 Å². The third-order valence-corrected chi connectivity index (χ3v) is 5.63. The monoisotopic (exact) mass is 400 g/mol. The third-order valence-electron chi connectivity index (χ3n) is 5.63. The molecule has 0 radical (unpaired) electrons. The van der Waals surface area contributed by atoms with E-state index < -0.39 is 0 Å². The van der Waals surface area contributed by atoms with Crippen molar-refractivity contribution in [2.75, 3.05) is 36.4 Å². The van der Waals surface area contributed by atoms with E-state index in [0.717, 1.165) is 54.3 Å². The summed E-state index contributed by atoms with van der Waals surface area (Å²) < 4.78 is 0. The van der Waals surface area contributed by atoms with Crippen LogP contribution in [0.5, 0.6) is 0 Å². The van der Waals surface area contributed by atoms with Crippen molar-refractivity contribution in [1.29, 1.82) is 0 Å². The van der Waals surface area contributed by atoms with Gasteiger partial charge in [0.2, 0.25) is 5.91 Å². The van der Waals surface area contributed by atoms with Crippen LogP contribution in [0.3, 0.4) is 0 Å². The Bertz CT molecular complexity index is 1010. The van der Waals surface area contributed by atoms with E-state index >= 15 is 0 Å². The molecule has 3 aromatic rings. The molecule has 0 spiro atoms. The largest absolute Gasteiger partial charge is 0.369 e. The van der Waals surface area contributed by atoms with Crippen LogP contribution in [0, 0.1) is 6.92 Å². The molecular formula is C25H28N4O. The predicted molar refractivity (Wildman–Crippen MR) is 123 cm³/mol. The van der Waals surface area contributed by atoms with Crippen molar-refractivity contribution in [3.63, 3.8) is 0 Å². The molecule has 5 nitrogen and oxygen atoms in total. The fourth-order valence-corrected chi connectivity index (χ4v) is 3.79. The molecule has 2 heterocycles. The van der Waals surface area contributed by atoms with Gasteiger partial charge in [0.05, 0.1) is 5.92 Å². The number of benzene rings is 2. The molecule has 30 heavy (non-hydrogen) atoms. The molecule has 1 aromatic heterocycles. The van der Waals surface area contributed by atoms with Crippen LogP contribution < -0.4 is 15.5 Å². The van der Waals surface area contributed by atoms with E-state index in [4.69, 9.17) is 0 Å². The second-order valence-electron chi connectivity index (χ2n) is 7.81. The predicted octanol–water partition coefficient (Wildman–Crippen LogP) is 4.21. The highest BCUT2D eigenvalue weighted by atomic mass is 16.1. The van der Waals surface area contributed by atoms with E-state index in [0.29, 0.717) is 0 Å². The average molecular weight is 401 g/mol. The fraction of sp³-hybridized carbons (Fsp3) is 0.280. The van der Waals surface area contributed by atoms with E-state index in [9.17, 15) is 4.79 Å². The van der Waals surface area contributed by atoms with E-state index in [1.54, 1.807) is 0 Å². The van der Waals surface area contributed by atoms with Crippen LogP contribution >= 0.6 is 0 Å². The maximum absolute atomic E-state index is 12.9. The maximum atomic E-state index is 12.9. The van der Waals surface area contributed by atoms with Crippen LogP contribution in [0.25, 0.3) is 11.1 Å². The fourth-order valence-electron chi connectivity index (χ4n) is 3.79. The van der Waals surface area contributed by atoms with Crippen molar-refractivity contribution in [2.24, 2.45) is 0 Å². The Morgan fingerprint density at radius 1 is 1.03 bits per heavy atom. The van der Waals surface area contributed by atoms with Crippen LogP contribution in [-0.2, 0) is 4.79 Å². The number of carbonyl (C=O) groups excluding carboxylic acids is 1. The van der Waals surface area contributed by atoms with Crippen molar-refractivity contribution in [3.05, 3.63) is 78.1 Å². The minimum Gasteiger partial charge on any atom is -0.369 e. The highest BCUT2D eigenvalue weighted by molar-refractivity contribution is 5.95. The molecule has 2 N–H and O–H groups in total. The Labute approximate surface area is 178 Å². The summed E-state index contributed by atoms with van der Waals surface area (Å²) >= 11 is 0. The lowest BCUT2D eigenvalue weighted by atomic mass is 9.99. The summed E-state index contributed by atoms with van der Waals surface area (Å²) in [5.41, 5.74) is 6.24. The molecule has 5 heteroatoms. The molecule has 1 amide bonds. The van der Waals surface area contributed by atoms with Gasteiger partial charge in [-0.25, -0.2) is 0 Å². The number of aromatic nitrogens is 1. The highest BCUT2D eigenvalue weighted by Gasteiger charge is 2.18. The summed E-state index contributed by atoms with van der Waals surface area (Å²) in [6.07, 6.45) is 1.82. The molecule has 4 rings (SSSR count). The molecule has 1 aliphatic rings. The van der Waals surface area contributed by atoms with Gasteiger partial charge in [-0.3, -0.25) is 9.78 Å². The maximum Gasteiger partial charge on any atom is 0.231 e. The minimum atomic E-state index is -0.226. The number of rotatable bonds is 5. The summed E-state index contributed by atoms with van der Waals surface area (Å²) in [6.45, 7) is 7.92. The summed E-state index contributed by atoms with van der Waals surface area (Å²) in [5, 5.41) is 6.43. The van der Waals surface area contributed by atoms with Crippen molar-refractivity contribution >= 4 is 17.3 Å². The van der Waals surface area contributed by atoms with Gasteiger partial charge in [0.25, 0.3) is 0 Å². The number of hydrogen-bond acceptors (Lipinski definition) is 4. The van der Waals surface area contributed by atoms with Gasteiger partial charge in [-0.1, -0.05) is 24.3 Å². The number of nitrogens with one attached hydrogen (secondary N) is 2. The number of carbonyl (C=O) groups is 1.